The van der Waals surface area contributed by atoms with Crippen molar-refractivity contribution in [2.45, 2.75) is 13.0 Å². The molecule has 6 nitrogen and oxygen atoms in total. The molecule has 0 aliphatic carbocycles. The second-order valence-electron chi connectivity index (χ2n) is 7.51. The van der Waals surface area contributed by atoms with E-state index in [1.165, 1.54) is 41.3 Å². The van der Waals surface area contributed by atoms with E-state index in [0.717, 1.165) is 12.1 Å². The zero-order chi connectivity index (χ0) is 23.5. The van der Waals surface area contributed by atoms with Crippen LogP contribution in [0.2, 0.25) is 0 Å². The minimum atomic E-state index is -1.30. The summed E-state index contributed by atoms with van der Waals surface area (Å²) in [6, 6.07) is 18.8. The molecule has 1 aliphatic heterocycles. The van der Waals surface area contributed by atoms with E-state index >= 15 is 0 Å². The van der Waals surface area contributed by atoms with Crippen molar-refractivity contribution in [3.8, 4) is 0 Å². The number of hydrogen-bond donors (Lipinski definition) is 0. The highest BCUT2D eigenvalue weighted by molar-refractivity contribution is 6.49. The number of carbonyl (C=O) groups excluding carboxylic acids is 4. The van der Waals surface area contributed by atoms with Gasteiger partial charge in [0.1, 0.15) is 11.7 Å². The highest BCUT2D eigenvalue weighted by atomic mass is 19.1. The fourth-order valence-corrected chi connectivity index (χ4v) is 3.97. The molecule has 1 heterocycles. The quantitative estimate of drug-likeness (QED) is 0.246. The Hall–Kier alpha value is -4.13. The number of ketones is 2. The first-order valence-electron chi connectivity index (χ1n) is 10.4. The molecule has 2 atom stereocenters. The van der Waals surface area contributed by atoms with E-state index in [1.54, 1.807) is 37.3 Å². The topological polar surface area (TPSA) is 80.8 Å². The van der Waals surface area contributed by atoms with Gasteiger partial charge < -0.3 is 4.74 Å². The first-order valence-corrected chi connectivity index (χ1v) is 10.4. The number of carbonyl (C=O) groups is 4. The van der Waals surface area contributed by atoms with E-state index < -0.39 is 41.2 Å². The number of halogens is 1. The van der Waals surface area contributed by atoms with Gasteiger partial charge in [0.2, 0.25) is 5.78 Å². The number of hydrogen-bond acceptors (Lipinski definition) is 5. The van der Waals surface area contributed by atoms with E-state index in [2.05, 4.69) is 0 Å². The van der Waals surface area contributed by atoms with Crippen molar-refractivity contribution >= 4 is 29.1 Å². The number of esters is 1. The molecule has 1 aliphatic rings. The highest BCUT2D eigenvalue weighted by Gasteiger charge is 2.52. The van der Waals surface area contributed by atoms with E-state index in [-0.39, 0.29) is 12.2 Å². The minimum absolute atomic E-state index is 0.142. The van der Waals surface area contributed by atoms with E-state index in [9.17, 15) is 23.6 Å². The first-order chi connectivity index (χ1) is 15.9. The molecule has 0 spiro atoms. The van der Waals surface area contributed by atoms with Gasteiger partial charge >= 0.3 is 5.97 Å². The second-order valence-corrected chi connectivity index (χ2v) is 7.51. The van der Waals surface area contributed by atoms with Crippen molar-refractivity contribution in [3.05, 3.63) is 101 Å². The average Bonchev–Trinajstić information content (AvgIpc) is 3.10. The van der Waals surface area contributed by atoms with Crippen LogP contribution in [0.4, 0.5) is 10.1 Å². The highest BCUT2D eigenvalue weighted by Crippen LogP contribution is 2.41. The van der Waals surface area contributed by atoms with Crippen LogP contribution in [0.3, 0.4) is 0 Å². The lowest BCUT2D eigenvalue weighted by Gasteiger charge is -2.27. The Balaban J connectivity index is 1.77. The molecule has 166 valence electrons. The SMILES string of the molecule is CCOC(=O)c1ccc(N2C(=O)C(=O)C(C(=O)c3ccc(F)cc3)C2c2ccccc2)cc1. The maximum Gasteiger partial charge on any atom is 0.338 e. The standard InChI is InChI=1S/C26H20FNO5/c1-2-33-26(32)18-10-14-20(15-11-18)28-22(16-6-4-3-5-7-16)21(24(30)25(28)31)23(29)17-8-12-19(27)13-9-17/h3-15,21-22H,2H2,1H3. The third-order valence-electron chi connectivity index (χ3n) is 5.51. The second kappa shape index (κ2) is 9.16. The maximum absolute atomic E-state index is 13.4. The number of nitrogens with zero attached hydrogens (tertiary/aromatic N) is 1. The lowest BCUT2D eigenvalue weighted by molar-refractivity contribution is -0.135. The van der Waals surface area contributed by atoms with Crippen molar-refractivity contribution in [1.82, 2.24) is 0 Å². The fraction of sp³-hybridized carbons (Fsp3) is 0.154. The summed E-state index contributed by atoms with van der Waals surface area (Å²) in [6.07, 6.45) is 0. The minimum Gasteiger partial charge on any atom is -0.462 e. The molecule has 4 rings (SSSR count). The van der Waals surface area contributed by atoms with Crippen LogP contribution in [0.1, 0.15) is 39.2 Å². The van der Waals surface area contributed by atoms with Gasteiger partial charge in [0, 0.05) is 11.3 Å². The van der Waals surface area contributed by atoms with Crippen molar-refractivity contribution in [1.29, 1.82) is 0 Å². The predicted octanol–water partition coefficient (Wildman–Crippen LogP) is 4.16. The molecule has 0 N–H and O–H groups in total. The summed E-state index contributed by atoms with van der Waals surface area (Å²) in [5, 5.41) is 0. The summed E-state index contributed by atoms with van der Waals surface area (Å²) in [5.74, 6) is -4.54. The normalized spacial score (nSPS) is 17.8. The van der Waals surface area contributed by atoms with Gasteiger partial charge in [-0.15, -0.1) is 0 Å². The Kier molecular flexibility index (Phi) is 6.13. The molecule has 1 fully saturated rings. The average molecular weight is 445 g/mol. The van der Waals surface area contributed by atoms with Crippen LogP contribution < -0.4 is 4.90 Å². The molecular formula is C26H20FNO5. The van der Waals surface area contributed by atoms with Gasteiger partial charge in [-0.3, -0.25) is 19.3 Å². The van der Waals surface area contributed by atoms with Gasteiger partial charge in [0.25, 0.3) is 5.91 Å². The van der Waals surface area contributed by atoms with E-state index in [0.29, 0.717) is 16.8 Å². The van der Waals surface area contributed by atoms with Crippen molar-refractivity contribution in [2.24, 2.45) is 5.92 Å². The number of ether oxygens (including phenoxy) is 1. The zero-order valence-electron chi connectivity index (χ0n) is 17.7. The summed E-state index contributed by atoms with van der Waals surface area (Å²) in [6.45, 7) is 1.92. The molecule has 2 unspecified atom stereocenters. The van der Waals surface area contributed by atoms with Crippen molar-refractivity contribution < 1.29 is 28.3 Å². The third-order valence-corrected chi connectivity index (χ3v) is 5.51. The van der Waals surface area contributed by atoms with Crippen LogP contribution in [0.25, 0.3) is 0 Å². The zero-order valence-corrected chi connectivity index (χ0v) is 17.7. The van der Waals surface area contributed by atoms with Crippen LogP contribution in [0.15, 0.2) is 78.9 Å². The van der Waals surface area contributed by atoms with Crippen LogP contribution in [-0.2, 0) is 14.3 Å². The molecular weight excluding hydrogens is 425 g/mol. The Morgan fingerprint density at radius 3 is 2.09 bits per heavy atom. The largest absolute Gasteiger partial charge is 0.462 e. The molecule has 3 aromatic carbocycles. The molecule has 0 bridgehead atoms. The van der Waals surface area contributed by atoms with Gasteiger partial charge in [-0.2, -0.15) is 0 Å². The fourth-order valence-electron chi connectivity index (χ4n) is 3.97. The summed E-state index contributed by atoms with van der Waals surface area (Å²) < 4.78 is 18.3. The van der Waals surface area contributed by atoms with Crippen LogP contribution in [-0.4, -0.2) is 30.0 Å². The van der Waals surface area contributed by atoms with Crippen LogP contribution in [0, 0.1) is 11.7 Å². The first kappa shape index (κ1) is 22.1. The predicted molar refractivity (Wildman–Crippen MR) is 118 cm³/mol. The van der Waals surface area contributed by atoms with Crippen LogP contribution >= 0.6 is 0 Å². The monoisotopic (exact) mass is 445 g/mol. The lowest BCUT2D eigenvalue weighted by atomic mass is 9.86. The number of benzene rings is 3. The Morgan fingerprint density at radius 2 is 1.48 bits per heavy atom. The number of rotatable bonds is 6. The summed E-state index contributed by atoms with van der Waals surface area (Å²) >= 11 is 0. The van der Waals surface area contributed by atoms with Gasteiger partial charge in [0.05, 0.1) is 18.2 Å². The van der Waals surface area contributed by atoms with E-state index in [4.69, 9.17) is 4.74 Å². The summed E-state index contributed by atoms with van der Waals surface area (Å²) in [4.78, 5) is 52.7. The summed E-state index contributed by atoms with van der Waals surface area (Å²) in [7, 11) is 0. The number of Topliss-reactive ketones (excluding diaryl/α,β-unsaturated/α-hetero) is 2. The van der Waals surface area contributed by atoms with Crippen LogP contribution in [0.5, 0.6) is 0 Å². The smallest absolute Gasteiger partial charge is 0.338 e. The molecule has 1 saturated heterocycles. The van der Waals surface area contributed by atoms with Gasteiger partial charge in [-0.05, 0) is 61.0 Å². The Bertz CT molecular complexity index is 1210. The molecule has 33 heavy (non-hydrogen) atoms. The Morgan fingerprint density at radius 1 is 0.879 bits per heavy atom. The third kappa shape index (κ3) is 4.17. The Labute approximate surface area is 189 Å². The molecule has 0 radical (unpaired) electrons. The molecule has 1 amide bonds. The molecule has 7 heteroatoms. The number of amides is 1. The van der Waals surface area contributed by atoms with Crippen molar-refractivity contribution in [2.75, 3.05) is 11.5 Å². The maximum atomic E-state index is 13.4. The van der Waals surface area contributed by atoms with Crippen molar-refractivity contribution in [3.63, 3.8) is 0 Å². The van der Waals surface area contributed by atoms with Gasteiger partial charge in [0.15, 0.2) is 5.78 Å². The van der Waals surface area contributed by atoms with Gasteiger partial charge in [-0.1, -0.05) is 30.3 Å². The molecule has 0 aromatic heterocycles. The number of anilines is 1. The lowest BCUT2D eigenvalue weighted by Crippen LogP contribution is -2.30. The summed E-state index contributed by atoms with van der Waals surface area (Å²) in [5.41, 5.74) is 1.41. The molecule has 3 aromatic rings. The van der Waals surface area contributed by atoms with E-state index in [1.807, 2.05) is 0 Å². The van der Waals surface area contributed by atoms with Gasteiger partial charge in [-0.25, -0.2) is 9.18 Å². The molecule has 0 saturated carbocycles.